The van der Waals surface area contributed by atoms with Crippen molar-refractivity contribution in [2.45, 2.75) is 39.3 Å². The van der Waals surface area contributed by atoms with E-state index in [4.69, 9.17) is 4.74 Å². The van der Waals surface area contributed by atoms with E-state index in [-0.39, 0.29) is 11.2 Å². The fourth-order valence-electron chi connectivity index (χ4n) is 2.75. The van der Waals surface area contributed by atoms with Crippen LogP contribution in [0.4, 0.5) is 9.18 Å². The van der Waals surface area contributed by atoms with E-state index in [0.717, 1.165) is 6.07 Å². The number of benzene rings is 1. The van der Waals surface area contributed by atoms with Crippen molar-refractivity contribution in [3.8, 4) is 5.69 Å². The quantitative estimate of drug-likeness (QED) is 0.747. The zero-order valence-corrected chi connectivity index (χ0v) is 16.1. The van der Waals surface area contributed by atoms with Gasteiger partial charge in [-0.05, 0) is 58.0 Å². The molecule has 0 spiro atoms. The van der Waals surface area contributed by atoms with Crippen LogP contribution in [0.3, 0.4) is 0 Å². The summed E-state index contributed by atoms with van der Waals surface area (Å²) in [5, 5.41) is 2.82. The first-order valence-electron chi connectivity index (χ1n) is 8.78. The lowest BCUT2D eigenvalue weighted by molar-refractivity contribution is 0.0505. The Morgan fingerprint density at radius 1 is 1.29 bits per heavy atom. The second-order valence-electron chi connectivity index (χ2n) is 7.35. The highest BCUT2D eigenvalue weighted by Gasteiger charge is 2.23. The van der Waals surface area contributed by atoms with Gasteiger partial charge < -0.3 is 10.1 Å². The van der Waals surface area contributed by atoms with Crippen molar-refractivity contribution in [2.75, 3.05) is 0 Å². The third-order valence-electron chi connectivity index (χ3n) is 3.88. The summed E-state index contributed by atoms with van der Waals surface area (Å²) in [5.74, 6) is -0.250. The number of hydrogen-bond acceptors (Lipinski definition) is 5. The van der Waals surface area contributed by atoms with Gasteiger partial charge >= 0.3 is 6.09 Å². The van der Waals surface area contributed by atoms with Crippen molar-refractivity contribution in [2.24, 2.45) is 0 Å². The third-order valence-corrected chi connectivity index (χ3v) is 3.88. The number of amides is 1. The van der Waals surface area contributed by atoms with Gasteiger partial charge in [0.1, 0.15) is 17.2 Å². The summed E-state index contributed by atoms with van der Waals surface area (Å²) in [5.41, 5.74) is -0.329. The van der Waals surface area contributed by atoms with Gasteiger partial charge in [-0.15, -0.1) is 0 Å². The molecule has 28 heavy (non-hydrogen) atoms. The molecule has 1 aromatic carbocycles. The minimum atomic E-state index is -0.666. The number of halogens is 1. The van der Waals surface area contributed by atoms with Gasteiger partial charge in [-0.2, -0.15) is 0 Å². The molecule has 1 amide bonds. The average molecular weight is 384 g/mol. The molecule has 0 saturated carbocycles. The molecule has 8 heteroatoms. The summed E-state index contributed by atoms with van der Waals surface area (Å²) >= 11 is 0. The summed E-state index contributed by atoms with van der Waals surface area (Å²) in [4.78, 5) is 33.8. The van der Waals surface area contributed by atoms with Crippen molar-refractivity contribution in [1.82, 2.24) is 19.9 Å². The third kappa shape index (κ3) is 4.16. The molecule has 3 aromatic rings. The Labute approximate surface area is 161 Å². The highest BCUT2D eigenvalue weighted by Crippen LogP contribution is 2.19. The number of carbonyl (C=O) groups is 1. The van der Waals surface area contributed by atoms with Gasteiger partial charge in [0.15, 0.2) is 0 Å². The molecular formula is C20H21FN4O3. The molecule has 2 heterocycles. The lowest BCUT2D eigenvalue weighted by Gasteiger charge is -2.23. The van der Waals surface area contributed by atoms with Crippen molar-refractivity contribution in [3.63, 3.8) is 0 Å². The Morgan fingerprint density at radius 2 is 2.04 bits per heavy atom. The van der Waals surface area contributed by atoms with Gasteiger partial charge in [0.2, 0.25) is 0 Å². The van der Waals surface area contributed by atoms with Gasteiger partial charge in [-0.3, -0.25) is 14.3 Å². The number of fused-ring (bicyclic) bond motifs is 1. The molecular weight excluding hydrogens is 363 g/mol. The largest absolute Gasteiger partial charge is 0.444 e. The Kier molecular flexibility index (Phi) is 5.13. The first kappa shape index (κ1) is 19.5. The lowest BCUT2D eigenvalue weighted by atomic mass is 10.2. The molecule has 0 aliphatic carbocycles. The average Bonchev–Trinajstić information content (AvgIpc) is 2.61. The van der Waals surface area contributed by atoms with Crippen LogP contribution in [-0.2, 0) is 4.74 Å². The van der Waals surface area contributed by atoms with E-state index in [9.17, 15) is 14.0 Å². The Hall–Kier alpha value is -3.29. The van der Waals surface area contributed by atoms with E-state index in [1.807, 2.05) is 0 Å². The van der Waals surface area contributed by atoms with Crippen LogP contribution in [0.15, 0.2) is 47.5 Å². The van der Waals surface area contributed by atoms with Crippen LogP contribution >= 0.6 is 0 Å². The molecule has 0 radical (unpaired) electrons. The summed E-state index contributed by atoms with van der Waals surface area (Å²) in [6.45, 7) is 6.96. The van der Waals surface area contributed by atoms with Gasteiger partial charge in [0, 0.05) is 6.20 Å². The highest BCUT2D eigenvalue weighted by atomic mass is 19.1. The topological polar surface area (TPSA) is 86.1 Å². The number of nitrogens with one attached hydrogen (secondary N) is 1. The molecule has 1 atom stereocenters. The molecule has 0 bridgehead atoms. The first-order chi connectivity index (χ1) is 13.2. The fourth-order valence-corrected chi connectivity index (χ4v) is 2.75. The maximum absolute atomic E-state index is 13.7. The number of rotatable bonds is 3. The van der Waals surface area contributed by atoms with Crippen molar-refractivity contribution in [1.29, 1.82) is 0 Å². The Balaban J connectivity index is 2.14. The SMILES string of the molecule is C[C@H](NC(=O)OC(C)(C)C)c1nc2ccc(F)cc2c(=O)n1-c1cccnc1. The van der Waals surface area contributed by atoms with E-state index in [1.54, 1.807) is 46.0 Å². The maximum Gasteiger partial charge on any atom is 0.408 e. The van der Waals surface area contributed by atoms with Gasteiger partial charge in [0.05, 0.1) is 28.8 Å². The Bertz CT molecular complexity index is 1070. The number of ether oxygens (including phenoxy) is 1. The van der Waals surface area contributed by atoms with Gasteiger partial charge in [0.25, 0.3) is 5.56 Å². The van der Waals surface area contributed by atoms with E-state index < -0.39 is 29.1 Å². The standard InChI is InChI=1S/C20H21FN4O3/c1-12(23-19(27)28-20(2,3)4)17-24-16-8-7-13(21)10-15(16)18(26)25(17)14-6-5-9-22-11-14/h5-12H,1-4H3,(H,23,27)/t12-/m0/s1. The monoisotopic (exact) mass is 384 g/mol. The number of carbonyl (C=O) groups excluding carboxylic acids is 1. The van der Waals surface area contributed by atoms with Crippen LogP contribution in [0, 0.1) is 5.82 Å². The minimum Gasteiger partial charge on any atom is -0.444 e. The molecule has 0 aliphatic heterocycles. The number of nitrogens with zero attached hydrogens (tertiary/aromatic N) is 3. The van der Waals surface area contributed by atoms with Crippen LogP contribution in [0.1, 0.15) is 39.6 Å². The summed E-state index contributed by atoms with van der Waals surface area (Å²) in [7, 11) is 0. The maximum atomic E-state index is 13.7. The van der Waals surface area contributed by atoms with E-state index in [2.05, 4.69) is 15.3 Å². The van der Waals surface area contributed by atoms with Crippen LogP contribution < -0.4 is 10.9 Å². The lowest BCUT2D eigenvalue weighted by Crippen LogP contribution is -2.36. The van der Waals surface area contributed by atoms with Crippen molar-refractivity contribution in [3.05, 3.63) is 64.7 Å². The predicted molar refractivity (Wildman–Crippen MR) is 103 cm³/mol. The van der Waals surface area contributed by atoms with E-state index in [0.29, 0.717) is 11.2 Å². The van der Waals surface area contributed by atoms with Crippen LogP contribution in [-0.4, -0.2) is 26.2 Å². The number of alkyl carbamates (subject to hydrolysis) is 1. The number of hydrogen-bond donors (Lipinski definition) is 1. The van der Waals surface area contributed by atoms with Gasteiger partial charge in [-0.1, -0.05) is 0 Å². The zero-order chi connectivity index (χ0) is 20.5. The molecule has 0 unspecified atom stereocenters. The smallest absolute Gasteiger partial charge is 0.408 e. The number of aromatic nitrogens is 3. The fraction of sp³-hybridized carbons (Fsp3) is 0.300. The molecule has 0 fully saturated rings. The minimum absolute atomic E-state index is 0.136. The second kappa shape index (κ2) is 7.38. The zero-order valence-electron chi connectivity index (χ0n) is 16.1. The first-order valence-corrected chi connectivity index (χ1v) is 8.78. The Morgan fingerprint density at radius 3 is 2.68 bits per heavy atom. The number of pyridine rings is 1. The van der Waals surface area contributed by atoms with E-state index in [1.165, 1.54) is 22.9 Å². The predicted octanol–water partition coefficient (Wildman–Crippen LogP) is 3.51. The van der Waals surface area contributed by atoms with Crippen LogP contribution in [0.5, 0.6) is 0 Å². The molecule has 0 aliphatic rings. The molecule has 1 N–H and O–H groups in total. The molecule has 7 nitrogen and oxygen atoms in total. The van der Waals surface area contributed by atoms with Crippen molar-refractivity contribution >= 4 is 17.0 Å². The highest BCUT2D eigenvalue weighted by molar-refractivity contribution is 5.78. The van der Waals surface area contributed by atoms with E-state index >= 15 is 0 Å². The normalized spacial score (nSPS) is 12.6. The second-order valence-corrected chi connectivity index (χ2v) is 7.35. The molecule has 146 valence electrons. The van der Waals surface area contributed by atoms with Crippen molar-refractivity contribution < 1.29 is 13.9 Å². The van der Waals surface area contributed by atoms with Gasteiger partial charge in [-0.25, -0.2) is 14.2 Å². The molecule has 0 saturated heterocycles. The summed E-state index contributed by atoms with van der Waals surface area (Å²) in [6, 6.07) is 6.52. The molecule has 3 rings (SSSR count). The summed E-state index contributed by atoms with van der Waals surface area (Å²) in [6.07, 6.45) is 2.44. The summed E-state index contributed by atoms with van der Waals surface area (Å²) < 4.78 is 20.3. The van der Waals surface area contributed by atoms with Crippen LogP contribution in [0.25, 0.3) is 16.6 Å². The van der Waals surface area contributed by atoms with Crippen LogP contribution in [0.2, 0.25) is 0 Å². The molecule has 2 aromatic heterocycles.